The summed E-state index contributed by atoms with van der Waals surface area (Å²) in [6.07, 6.45) is 0. The summed E-state index contributed by atoms with van der Waals surface area (Å²) in [5.74, 6) is 0. The summed E-state index contributed by atoms with van der Waals surface area (Å²) in [6, 6.07) is 13.7. The summed E-state index contributed by atoms with van der Waals surface area (Å²) < 4.78 is 27.4. The summed E-state index contributed by atoms with van der Waals surface area (Å²) in [5, 5.41) is 0.587. The molecule has 1 atom stereocenters. The van der Waals surface area contributed by atoms with Crippen LogP contribution in [0.3, 0.4) is 0 Å². The van der Waals surface area contributed by atoms with Crippen LogP contribution in [0.15, 0.2) is 53.4 Å². The van der Waals surface area contributed by atoms with Crippen LogP contribution < -0.4 is 4.72 Å². The molecule has 0 aromatic heterocycles. The van der Waals surface area contributed by atoms with Gasteiger partial charge in [0.25, 0.3) is 0 Å². The summed E-state index contributed by atoms with van der Waals surface area (Å²) >= 11 is 5.93. The minimum Gasteiger partial charge on any atom is -0.207 e. The van der Waals surface area contributed by atoms with E-state index in [1.807, 2.05) is 12.1 Å². The van der Waals surface area contributed by atoms with Crippen molar-refractivity contribution in [1.82, 2.24) is 4.72 Å². The quantitative estimate of drug-likeness (QED) is 0.936. The zero-order valence-electron chi connectivity index (χ0n) is 11.3. The van der Waals surface area contributed by atoms with Crippen molar-refractivity contribution in [1.29, 1.82) is 0 Å². The predicted molar refractivity (Wildman–Crippen MR) is 81.4 cm³/mol. The molecule has 0 saturated carbocycles. The molecule has 0 saturated heterocycles. The van der Waals surface area contributed by atoms with E-state index in [0.717, 1.165) is 11.1 Å². The molecule has 0 aliphatic rings. The predicted octanol–water partition coefficient (Wildman–Crippen LogP) is 3.69. The van der Waals surface area contributed by atoms with Gasteiger partial charge in [-0.1, -0.05) is 41.9 Å². The monoisotopic (exact) mass is 309 g/mol. The second-order valence-corrected chi connectivity index (χ2v) is 6.78. The molecule has 106 valence electrons. The zero-order valence-corrected chi connectivity index (χ0v) is 12.9. The van der Waals surface area contributed by atoms with Crippen molar-refractivity contribution in [3.05, 3.63) is 64.7 Å². The van der Waals surface area contributed by atoms with Gasteiger partial charge in [0.05, 0.1) is 4.90 Å². The van der Waals surface area contributed by atoms with Crippen LogP contribution in [0.25, 0.3) is 0 Å². The molecule has 2 rings (SSSR count). The van der Waals surface area contributed by atoms with Crippen molar-refractivity contribution in [2.75, 3.05) is 0 Å². The maximum Gasteiger partial charge on any atom is 0.241 e. The van der Waals surface area contributed by atoms with Crippen molar-refractivity contribution >= 4 is 21.6 Å². The van der Waals surface area contributed by atoms with E-state index in [2.05, 4.69) is 4.72 Å². The van der Waals surface area contributed by atoms with Gasteiger partial charge in [0, 0.05) is 11.1 Å². The molecular weight excluding hydrogens is 294 g/mol. The zero-order chi connectivity index (χ0) is 14.8. The van der Waals surface area contributed by atoms with Crippen molar-refractivity contribution in [2.45, 2.75) is 24.8 Å². The Labute approximate surface area is 124 Å². The van der Waals surface area contributed by atoms with Crippen LogP contribution in [0.2, 0.25) is 5.02 Å². The van der Waals surface area contributed by atoms with Crippen LogP contribution in [-0.2, 0) is 10.0 Å². The Morgan fingerprint density at radius 2 is 1.80 bits per heavy atom. The van der Waals surface area contributed by atoms with Gasteiger partial charge in [0.2, 0.25) is 10.0 Å². The van der Waals surface area contributed by atoms with Crippen LogP contribution in [0, 0.1) is 6.92 Å². The Morgan fingerprint density at radius 3 is 2.45 bits per heavy atom. The Bertz CT molecular complexity index is 713. The maximum absolute atomic E-state index is 12.4. The molecule has 20 heavy (non-hydrogen) atoms. The van der Waals surface area contributed by atoms with Crippen LogP contribution in [0.4, 0.5) is 0 Å². The second-order valence-electron chi connectivity index (χ2n) is 4.66. The third-order valence-electron chi connectivity index (χ3n) is 3.06. The van der Waals surface area contributed by atoms with Gasteiger partial charge >= 0.3 is 0 Å². The van der Waals surface area contributed by atoms with E-state index in [4.69, 9.17) is 11.6 Å². The minimum atomic E-state index is -3.54. The smallest absolute Gasteiger partial charge is 0.207 e. The van der Waals surface area contributed by atoms with E-state index < -0.39 is 10.0 Å². The van der Waals surface area contributed by atoms with E-state index in [9.17, 15) is 8.42 Å². The minimum absolute atomic E-state index is 0.300. The molecule has 0 aliphatic heterocycles. The third kappa shape index (κ3) is 3.39. The first-order chi connectivity index (χ1) is 9.40. The van der Waals surface area contributed by atoms with Crippen molar-refractivity contribution in [3.8, 4) is 0 Å². The Morgan fingerprint density at radius 1 is 1.10 bits per heavy atom. The first-order valence-corrected chi connectivity index (χ1v) is 8.10. The fourth-order valence-corrected chi connectivity index (χ4v) is 3.67. The van der Waals surface area contributed by atoms with Crippen LogP contribution in [0.5, 0.6) is 0 Å². The molecule has 5 heteroatoms. The SMILES string of the molecule is Cc1ccccc1S(=O)(=O)N[C@H](C)c1cccc(Cl)c1. The molecule has 0 fully saturated rings. The first-order valence-electron chi connectivity index (χ1n) is 6.23. The molecule has 0 bridgehead atoms. The molecule has 0 unspecified atom stereocenters. The molecular formula is C15H16ClNO2S. The lowest BCUT2D eigenvalue weighted by Crippen LogP contribution is -2.27. The van der Waals surface area contributed by atoms with Gasteiger partial charge in [-0.15, -0.1) is 0 Å². The molecule has 0 radical (unpaired) electrons. The van der Waals surface area contributed by atoms with E-state index in [0.29, 0.717) is 9.92 Å². The highest BCUT2D eigenvalue weighted by Gasteiger charge is 2.19. The maximum atomic E-state index is 12.4. The first kappa shape index (κ1) is 15.0. The van der Waals surface area contributed by atoms with Gasteiger partial charge in [0.15, 0.2) is 0 Å². The van der Waals surface area contributed by atoms with Crippen LogP contribution >= 0.6 is 11.6 Å². The highest BCUT2D eigenvalue weighted by molar-refractivity contribution is 7.89. The lowest BCUT2D eigenvalue weighted by Gasteiger charge is -2.16. The standard InChI is InChI=1S/C15H16ClNO2S/c1-11-6-3-4-9-15(11)20(18,19)17-12(2)13-7-5-8-14(16)10-13/h3-10,12,17H,1-2H3/t12-/m1/s1. The summed E-state index contributed by atoms with van der Waals surface area (Å²) in [4.78, 5) is 0.300. The van der Waals surface area contributed by atoms with Crippen LogP contribution in [-0.4, -0.2) is 8.42 Å². The lowest BCUT2D eigenvalue weighted by molar-refractivity contribution is 0.566. The fraction of sp³-hybridized carbons (Fsp3) is 0.200. The number of halogens is 1. The molecule has 0 aliphatic carbocycles. The Balaban J connectivity index is 2.27. The van der Waals surface area contributed by atoms with E-state index in [1.165, 1.54) is 0 Å². The molecule has 0 amide bonds. The van der Waals surface area contributed by atoms with E-state index in [-0.39, 0.29) is 6.04 Å². The van der Waals surface area contributed by atoms with Crippen molar-refractivity contribution in [3.63, 3.8) is 0 Å². The van der Waals surface area contributed by atoms with Gasteiger partial charge in [-0.25, -0.2) is 13.1 Å². The number of hydrogen-bond donors (Lipinski definition) is 1. The third-order valence-corrected chi connectivity index (χ3v) is 5.00. The number of benzene rings is 2. The molecule has 0 spiro atoms. The van der Waals surface area contributed by atoms with Crippen molar-refractivity contribution < 1.29 is 8.42 Å². The Hall–Kier alpha value is -1.36. The lowest BCUT2D eigenvalue weighted by atomic mass is 10.1. The van der Waals surface area contributed by atoms with Gasteiger partial charge in [-0.3, -0.25) is 0 Å². The summed E-state index contributed by atoms with van der Waals surface area (Å²) in [5.41, 5.74) is 1.55. The van der Waals surface area contributed by atoms with Crippen LogP contribution in [0.1, 0.15) is 24.1 Å². The fourth-order valence-electron chi connectivity index (χ4n) is 2.00. The van der Waals surface area contributed by atoms with Gasteiger partial charge in [-0.2, -0.15) is 0 Å². The number of aryl methyl sites for hydroxylation is 1. The topological polar surface area (TPSA) is 46.2 Å². The molecule has 2 aromatic carbocycles. The normalized spacial score (nSPS) is 13.2. The van der Waals surface area contributed by atoms with Gasteiger partial charge in [-0.05, 0) is 43.2 Å². The average molecular weight is 310 g/mol. The number of rotatable bonds is 4. The largest absolute Gasteiger partial charge is 0.241 e. The van der Waals surface area contributed by atoms with Gasteiger partial charge < -0.3 is 0 Å². The molecule has 3 nitrogen and oxygen atoms in total. The second kappa shape index (κ2) is 5.95. The average Bonchev–Trinajstić information content (AvgIpc) is 2.38. The molecule has 2 aromatic rings. The van der Waals surface area contributed by atoms with Crippen molar-refractivity contribution in [2.24, 2.45) is 0 Å². The van der Waals surface area contributed by atoms with E-state index >= 15 is 0 Å². The molecule has 1 N–H and O–H groups in total. The summed E-state index contributed by atoms with van der Waals surface area (Å²) in [6.45, 7) is 3.57. The summed E-state index contributed by atoms with van der Waals surface area (Å²) in [7, 11) is -3.54. The number of hydrogen-bond acceptors (Lipinski definition) is 2. The van der Waals surface area contributed by atoms with E-state index in [1.54, 1.807) is 50.2 Å². The van der Waals surface area contributed by atoms with Gasteiger partial charge in [0.1, 0.15) is 0 Å². The number of sulfonamides is 1. The highest BCUT2D eigenvalue weighted by Crippen LogP contribution is 2.21. The highest BCUT2D eigenvalue weighted by atomic mass is 35.5. The number of nitrogens with one attached hydrogen (secondary N) is 1. The Kier molecular flexibility index (Phi) is 4.48. The molecule has 0 heterocycles.